The van der Waals surface area contributed by atoms with Gasteiger partial charge in [0.15, 0.2) is 0 Å². The predicted molar refractivity (Wildman–Crippen MR) is 138 cm³/mol. The Bertz CT molecular complexity index is 707. The summed E-state index contributed by atoms with van der Waals surface area (Å²) in [5, 5.41) is 3.66. The molecule has 0 amide bonds. The van der Waals surface area contributed by atoms with Crippen LogP contribution in [0.25, 0.3) is 0 Å². The largest absolute Gasteiger partial charge is 0.380 e. The van der Waals surface area contributed by atoms with E-state index in [1.165, 1.54) is 68.1 Å². The minimum Gasteiger partial charge on any atom is -0.380 e. The highest BCUT2D eigenvalue weighted by Gasteiger charge is 2.28. The van der Waals surface area contributed by atoms with Crippen molar-refractivity contribution < 1.29 is 4.74 Å². The molecule has 1 aromatic carbocycles. The minimum absolute atomic E-state index is 0. The molecule has 1 fully saturated rings. The standard InChI is InChI=1S/C28H42N2O.ClH/c1-2-3-4-5-6-7-11-24-14-16-26(17-15-24)27-18-20-30-28(27)23-31-21-9-8-12-25-13-10-19-29-22-25;/h10,13-17,19,22,27-28,30H,2-9,11-12,18,20-21,23H2,1H3;1H/t27-,28-;/m1./s1. The molecule has 1 saturated heterocycles. The number of benzene rings is 1. The minimum atomic E-state index is 0. The van der Waals surface area contributed by atoms with E-state index >= 15 is 0 Å². The molecule has 1 N–H and O–H groups in total. The first-order valence-corrected chi connectivity index (χ1v) is 12.7. The van der Waals surface area contributed by atoms with Crippen molar-refractivity contribution >= 4 is 12.4 Å². The number of nitrogens with one attached hydrogen (secondary N) is 1. The van der Waals surface area contributed by atoms with Gasteiger partial charge in [-0.15, -0.1) is 12.4 Å². The van der Waals surface area contributed by atoms with Crippen LogP contribution in [0.2, 0.25) is 0 Å². The Labute approximate surface area is 202 Å². The van der Waals surface area contributed by atoms with Gasteiger partial charge in [-0.25, -0.2) is 0 Å². The maximum Gasteiger partial charge on any atom is 0.0625 e. The second-order valence-corrected chi connectivity index (χ2v) is 9.11. The van der Waals surface area contributed by atoms with Gasteiger partial charge in [0.1, 0.15) is 0 Å². The summed E-state index contributed by atoms with van der Waals surface area (Å²) in [7, 11) is 0. The zero-order valence-electron chi connectivity index (χ0n) is 19.9. The number of halogens is 1. The molecule has 0 aliphatic carbocycles. The lowest BCUT2D eigenvalue weighted by Crippen LogP contribution is -2.31. The van der Waals surface area contributed by atoms with Gasteiger partial charge in [0.05, 0.1) is 6.61 Å². The molecule has 0 unspecified atom stereocenters. The molecule has 2 heterocycles. The fourth-order valence-corrected chi connectivity index (χ4v) is 4.67. The van der Waals surface area contributed by atoms with E-state index in [1.54, 1.807) is 0 Å². The van der Waals surface area contributed by atoms with Gasteiger partial charge in [0.25, 0.3) is 0 Å². The number of nitrogens with zero attached hydrogens (tertiary/aromatic N) is 1. The molecule has 2 atom stereocenters. The van der Waals surface area contributed by atoms with Crippen LogP contribution in [0.4, 0.5) is 0 Å². The van der Waals surface area contributed by atoms with Crippen molar-refractivity contribution in [1.29, 1.82) is 0 Å². The van der Waals surface area contributed by atoms with E-state index in [0.717, 1.165) is 39.0 Å². The number of hydrogen-bond donors (Lipinski definition) is 1. The second kappa shape index (κ2) is 16.2. The van der Waals surface area contributed by atoms with Crippen LogP contribution in [-0.2, 0) is 17.6 Å². The SMILES string of the molecule is CCCCCCCCc1ccc([C@H]2CCN[C@@H]2COCCCCc2cccnc2)cc1.Cl. The fraction of sp³-hybridized carbons (Fsp3) is 0.607. The van der Waals surface area contributed by atoms with Gasteiger partial charge in [-0.05, 0) is 67.8 Å². The summed E-state index contributed by atoms with van der Waals surface area (Å²) in [4.78, 5) is 4.18. The smallest absolute Gasteiger partial charge is 0.0625 e. The lowest BCUT2D eigenvalue weighted by Gasteiger charge is -2.20. The first kappa shape index (κ1) is 26.8. The second-order valence-electron chi connectivity index (χ2n) is 9.11. The molecule has 4 heteroatoms. The summed E-state index contributed by atoms with van der Waals surface area (Å²) < 4.78 is 6.05. The van der Waals surface area contributed by atoms with Crippen molar-refractivity contribution in [2.24, 2.45) is 0 Å². The Kier molecular flexibility index (Phi) is 13.6. The lowest BCUT2D eigenvalue weighted by atomic mass is 9.91. The Balaban J connectivity index is 0.00000363. The topological polar surface area (TPSA) is 34.1 Å². The van der Waals surface area contributed by atoms with E-state index in [1.807, 2.05) is 18.5 Å². The van der Waals surface area contributed by atoms with Crippen LogP contribution in [0.15, 0.2) is 48.8 Å². The number of pyridine rings is 1. The third kappa shape index (κ3) is 9.60. The summed E-state index contributed by atoms with van der Waals surface area (Å²) >= 11 is 0. The number of rotatable bonds is 15. The van der Waals surface area contributed by atoms with Gasteiger partial charge in [0.2, 0.25) is 0 Å². The summed E-state index contributed by atoms with van der Waals surface area (Å²) in [5.41, 5.74) is 4.29. The van der Waals surface area contributed by atoms with E-state index in [4.69, 9.17) is 4.74 Å². The average Bonchev–Trinajstić information content (AvgIpc) is 3.28. The van der Waals surface area contributed by atoms with E-state index < -0.39 is 0 Å². The Hall–Kier alpha value is -1.42. The van der Waals surface area contributed by atoms with E-state index in [9.17, 15) is 0 Å². The van der Waals surface area contributed by atoms with Gasteiger partial charge in [-0.2, -0.15) is 0 Å². The monoisotopic (exact) mass is 458 g/mol. The molecule has 178 valence electrons. The summed E-state index contributed by atoms with van der Waals surface area (Å²) in [6.07, 6.45) is 17.8. The van der Waals surface area contributed by atoms with Gasteiger partial charge >= 0.3 is 0 Å². The lowest BCUT2D eigenvalue weighted by molar-refractivity contribution is 0.109. The van der Waals surface area contributed by atoms with E-state index in [0.29, 0.717) is 12.0 Å². The van der Waals surface area contributed by atoms with Crippen molar-refractivity contribution in [1.82, 2.24) is 10.3 Å². The predicted octanol–water partition coefficient (Wildman–Crippen LogP) is 6.89. The van der Waals surface area contributed by atoms with Crippen LogP contribution in [0.5, 0.6) is 0 Å². The van der Waals surface area contributed by atoms with E-state index in [-0.39, 0.29) is 12.4 Å². The highest BCUT2D eigenvalue weighted by atomic mass is 35.5. The zero-order chi connectivity index (χ0) is 21.6. The number of unbranched alkanes of at least 4 members (excludes halogenated alkanes) is 6. The van der Waals surface area contributed by atoms with Crippen molar-refractivity contribution in [3.63, 3.8) is 0 Å². The molecule has 0 spiro atoms. The third-order valence-electron chi connectivity index (χ3n) is 6.60. The Morgan fingerprint density at radius 2 is 1.66 bits per heavy atom. The molecule has 0 bridgehead atoms. The molecule has 32 heavy (non-hydrogen) atoms. The van der Waals surface area contributed by atoms with E-state index in [2.05, 4.69) is 47.6 Å². The number of aryl methyl sites for hydroxylation is 2. The van der Waals surface area contributed by atoms with Crippen molar-refractivity contribution in [3.05, 3.63) is 65.5 Å². The van der Waals surface area contributed by atoms with Crippen LogP contribution in [0.3, 0.4) is 0 Å². The molecule has 3 nitrogen and oxygen atoms in total. The highest BCUT2D eigenvalue weighted by molar-refractivity contribution is 5.85. The fourth-order valence-electron chi connectivity index (χ4n) is 4.67. The first-order chi connectivity index (χ1) is 15.4. The number of hydrogen-bond acceptors (Lipinski definition) is 3. The molecule has 1 aromatic heterocycles. The van der Waals surface area contributed by atoms with Crippen molar-refractivity contribution in [3.8, 4) is 0 Å². The molecular weight excluding hydrogens is 416 g/mol. The highest BCUT2D eigenvalue weighted by Crippen LogP contribution is 2.28. The van der Waals surface area contributed by atoms with Crippen molar-refractivity contribution in [2.45, 2.75) is 89.5 Å². The average molecular weight is 459 g/mol. The van der Waals surface area contributed by atoms with Gasteiger partial charge in [0, 0.05) is 31.0 Å². The summed E-state index contributed by atoms with van der Waals surface area (Å²) in [6.45, 7) is 5.04. The van der Waals surface area contributed by atoms with Crippen molar-refractivity contribution in [2.75, 3.05) is 19.8 Å². The molecule has 1 aliphatic heterocycles. The first-order valence-electron chi connectivity index (χ1n) is 12.7. The molecule has 3 rings (SSSR count). The normalized spacial score (nSPS) is 17.9. The Morgan fingerprint density at radius 3 is 2.44 bits per heavy atom. The number of aromatic nitrogens is 1. The van der Waals surface area contributed by atoms with Crippen LogP contribution in [0.1, 0.15) is 87.3 Å². The van der Waals surface area contributed by atoms with Gasteiger partial charge in [-0.1, -0.05) is 69.4 Å². The Morgan fingerprint density at radius 1 is 0.906 bits per heavy atom. The van der Waals surface area contributed by atoms with Crippen LogP contribution in [-0.4, -0.2) is 30.8 Å². The zero-order valence-corrected chi connectivity index (χ0v) is 20.8. The third-order valence-corrected chi connectivity index (χ3v) is 6.60. The molecular formula is C28H43ClN2O. The van der Waals surface area contributed by atoms with Gasteiger partial charge < -0.3 is 10.1 Å². The quantitative estimate of drug-likeness (QED) is 0.295. The van der Waals surface area contributed by atoms with Crippen LogP contribution < -0.4 is 5.32 Å². The molecule has 2 aromatic rings. The maximum atomic E-state index is 6.05. The van der Waals surface area contributed by atoms with Crippen LogP contribution >= 0.6 is 12.4 Å². The molecule has 1 aliphatic rings. The molecule has 0 saturated carbocycles. The summed E-state index contributed by atoms with van der Waals surface area (Å²) in [6, 6.07) is 14.1. The maximum absolute atomic E-state index is 6.05. The summed E-state index contributed by atoms with van der Waals surface area (Å²) in [5.74, 6) is 0.582. The van der Waals surface area contributed by atoms with Crippen LogP contribution in [0, 0.1) is 0 Å². The van der Waals surface area contributed by atoms with Gasteiger partial charge in [-0.3, -0.25) is 4.98 Å². The number of ether oxygens (including phenoxy) is 1. The molecule has 0 radical (unpaired) electrons.